The van der Waals surface area contributed by atoms with Gasteiger partial charge in [0.1, 0.15) is 0 Å². The Morgan fingerprint density at radius 1 is 0.927 bits per heavy atom. The smallest absolute Gasteiger partial charge is 0.269 e. The summed E-state index contributed by atoms with van der Waals surface area (Å²) in [5, 5.41) is 4.16. The fraction of sp³-hybridized carbons (Fsp3) is 0.212. The Bertz CT molecular complexity index is 1970. The van der Waals surface area contributed by atoms with Crippen LogP contribution >= 0.6 is 0 Å². The van der Waals surface area contributed by atoms with Crippen LogP contribution in [0.5, 0.6) is 0 Å². The van der Waals surface area contributed by atoms with Crippen LogP contribution in [-0.2, 0) is 23.0 Å². The zero-order valence-corrected chi connectivity index (χ0v) is 24.4. The van der Waals surface area contributed by atoms with Crippen LogP contribution in [0, 0.1) is 27.7 Å². The zero-order chi connectivity index (χ0) is 29.1. The number of rotatable bonds is 5. The van der Waals surface area contributed by atoms with Crippen LogP contribution in [0.1, 0.15) is 43.7 Å². The van der Waals surface area contributed by atoms with Crippen LogP contribution < -0.4 is 11.1 Å². The number of carbonyl (C=O) groups is 1. The van der Waals surface area contributed by atoms with Crippen molar-refractivity contribution in [2.45, 2.75) is 45.6 Å². The van der Waals surface area contributed by atoms with Gasteiger partial charge in [-0.1, -0.05) is 35.9 Å². The molecule has 208 valence electrons. The largest absolute Gasteiger partial charge is 0.366 e. The van der Waals surface area contributed by atoms with E-state index >= 15 is 0 Å². The number of pyridine rings is 1. The van der Waals surface area contributed by atoms with Crippen molar-refractivity contribution in [3.63, 3.8) is 0 Å². The second kappa shape index (κ2) is 9.98. The lowest BCUT2D eigenvalue weighted by Gasteiger charge is -2.20. The van der Waals surface area contributed by atoms with Crippen molar-refractivity contribution in [2.75, 3.05) is 6.54 Å². The molecule has 0 aliphatic carbocycles. The lowest BCUT2D eigenvalue weighted by molar-refractivity contribution is 0.0999. The van der Waals surface area contributed by atoms with Gasteiger partial charge in [-0.05, 0) is 104 Å². The first-order valence-electron chi connectivity index (χ1n) is 13.6. The molecule has 0 unspecified atom stereocenters. The third-order valence-corrected chi connectivity index (χ3v) is 9.97. The fourth-order valence-electron chi connectivity index (χ4n) is 5.81. The molecule has 0 saturated heterocycles. The molecular weight excluding hydrogens is 532 g/mol. The number of nitrogens with one attached hydrogen (secondary N) is 1. The number of primary amides is 1. The molecule has 0 atom stereocenters. The summed E-state index contributed by atoms with van der Waals surface area (Å²) >= 11 is 0. The molecule has 1 aliphatic heterocycles. The van der Waals surface area contributed by atoms with Crippen LogP contribution in [0.3, 0.4) is 0 Å². The van der Waals surface area contributed by atoms with Gasteiger partial charge >= 0.3 is 0 Å². The van der Waals surface area contributed by atoms with Crippen molar-refractivity contribution in [3.8, 4) is 22.3 Å². The summed E-state index contributed by atoms with van der Waals surface area (Å²) < 4.78 is 29.1. The van der Waals surface area contributed by atoms with E-state index in [-0.39, 0.29) is 4.90 Å². The maximum absolute atomic E-state index is 13.9. The van der Waals surface area contributed by atoms with Crippen LogP contribution in [0.25, 0.3) is 33.3 Å². The fourth-order valence-corrected chi connectivity index (χ4v) is 7.13. The predicted molar refractivity (Wildman–Crippen MR) is 163 cm³/mol. The summed E-state index contributed by atoms with van der Waals surface area (Å²) in [6.07, 6.45) is 4.36. The van der Waals surface area contributed by atoms with E-state index in [1.54, 1.807) is 42.7 Å². The first kappa shape index (κ1) is 26.9. The number of carbonyl (C=O) groups excluding carboxylic acids is 1. The summed E-state index contributed by atoms with van der Waals surface area (Å²) in [6.45, 7) is 9.63. The molecule has 0 spiro atoms. The molecule has 41 heavy (non-hydrogen) atoms. The average molecular weight is 565 g/mol. The van der Waals surface area contributed by atoms with Crippen molar-refractivity contribution in [1.82, 2.24) is 14.3 Å². The summed E-state index contributed by atoms with van der Waals surface area (Å²) in [5.41, 5.74) is 16.4. The summed E-state index contributed by atoms with van der Waals surface area (Å²) in [4.78, 5) is 16.9. The molecule has 1 amide bonds. The van der Waals surface area contributed by atoms with Gasteiger partial charge in [0.2, 0.25) is 5.91 Å². The highest BCUT2D eigenvalue weighted by molar-refractivity contribution is 7.90. The molecule has 3 heterocycles. The predicted octanol–water partition coefficient (Wildman–Crippen LogP) is 5.59. The summed E-state index contributed by atoms with van der Waals surface area (Å²) in [6, 6.07) is 16.8. The van der Waals surface area contributed by atoms with E-state index in [2.05, 4.69) is 24.4 Å². The Hall–Kier alpha value is -4.27. The first-order valence-corrected chi connectivity index (χ1v) is 15.1. The van der Waals surface area contributed by atoms with Gasteiger partial charge in [0, 0.05) is 41.0 Å². The molecule has 7 nitrogen and oxygen atoms in total. The number of hydrogen-bond acceptors (Lipinski definition) is 5. The number of hydrogen-bond donors (Lipinski definition) is 2. The van der Waals surface area contributed by atoms with E-state index in [0.29, 0.717) is 16.6 Å². The monoisotopic (exact) mass is 564 g/mol. The van der Waals surface area contributed by atoms with Gasteiger partial charge in [-0.15, -0.1) is 0 Å². The van der Waals surface area contributed by atoms with Crippen molar-refractivity contribution in [3.05, 3.63) is 106 Å². The maximum atomic E-state index is 13.9. The van der Waals surface area contributed by atoms with E-state index in [4.69, 9.17) is 10.7 Å². The number of aryl methyl sites for hydroxylation is 2. The molecule has 0 bridgehead atoms. The summed E-state index contributed by atoms with van der Waals surface area (Å²) in [7, 11) is -3.94. The minimum absolute atomic E-state index is 0.188. The average Bonchev–Trinajstić information content (AvgIpc) is 3.34. The van der Waals surface area contributed by atoms with E-state index in [1.165, 1.54) is 20.7 Å². The van der Waals surface area contributed by atoms with Gasteiger partial charge in [0.15, 0.2) is 5.65 Å². The Morgan fingerprint density at radius 2 is 1.68 bits per heavy atom. The third kappa shape index (κ3) is 4.53. The third-order valence-electron chi connectivity index (χ3n) is 8.30. The highest BCUT2D eigenvalue weighted by Crippen LogP contribution is 2.38. The molecule has 2 aromatic heterocycles. The second-order valence-electron chi connectivity index (χ2n) is 10.9. The second-order valence-corrected chi connectivity index (χ2v) is 12.7. The number of fused-ring (bicyclic) bond motifs is 2. The normalized spacial score (nSPS) is 13.4. The van der Waals surface area contributed by atoms with Crippen molar-refractivity contribution in [1.29, 1.82) is 0 Å². The number of nitrogens with zero attached hydrogens (tertiary/aromatic N) is 2. The zero-order valence-electron chi connectivity index (χ0n) is 23.6. The number of benzene rings is 3. The van der Waals surface area contributed by atoms with Crippen molar-refractivity contribution >= 4 is 27.0 Å². The van der Waals surface area contributed by atoms with Crippen molar-refractivity contribution in [2.24, 2.45) is 5.73 Å². The van der Waals surface area contributed by atoms with Gasteiger partial charge < -0.3 is 11.1 Å². The Morgan fingerprint density at radius 3 is 2.41 bits per heavy atom. The van der Waals surface area contributed by atoms with Crippen LogP contribution in [-0.4, -0.2) is 29.8 Å². The maximum Gasteiger partial charge on any atom is 0.269 e. The van der Waals surface area contributed by atoms with Gasteiger partial charge in [-0.25, -0.2) is 17.4 Å². The SMILES string of the molecule is Cc1ccc(S(=O)(=O)n2cc(-c3ccc(C(N)=O)c(C)c3C)c3cc(-c4cc(C)c5c(c4)CCNC5)cnc32)cc1. The molecule has 5 aromatic rings. The quantitative estimate of drug-likeness (QED) is 0.290. The molecular formula is C33H32N4O3S. The van der Waals surface area contributed by atoms with E-state index in [9.17, 15) is 13.2 Å². The lowest BCUT2D eigenvalue weighted by Crippen LogP contribution is -2.24. The molecule has 0 radical (unpaired) electrons. The Kier molecular flexibility index (Phi) is 6.55. The van der Waals surface area contributed by atoms with Crippen LogP contribution in [0.15, 0.2) is 71.9 Å². The van der Waals surface area contributed by atoms with Gasteiger partial charge in [0.05, 0.1) is 4.90 Å². The molecule has 8 heteroatoms. The van der Waals surface area contributed by atoms with Gasteiger partial charge in [-0.3, -0.25) is 4.79 Å². The number of aromatic nitrogens is 2. The van der Waals surface area contributed by atoms with Gasteiger partial charge in [-0.2, -0.15) is 0 Å². The summed E-state index contributed by atoms with van der Waals surface area (Å²) in [5.74, 6) is -0.497. The lowest BCUT2D eigenvalue weighted by atomic mass is 9.91. The van der Waals surface area contributed by atoms with Crippen molar-refractivity contribution < 1.29 is 13.2 Å². The van der Waals surface area contributed by atoms with Crippen LogP contribution in [0.4, 0.5) is 0 Å². The first-order chi connectivity index (χ1) is 19.6. The Labute approximate surface area is 240 Å². The number of amides is 1. The number of nitrogens with two attached hydrogens (primary N) is 1. The molecule has 1 aliphatic rings. The molecule has 3 aromatic carbocycles. The molecule has 3 N–H and O–H groups in total. The minimum Gasteiger partial charge on any atom is -0.366 e. The highest BCUT2D eigenvalue weighted by Gasteiger charge is 2.25. The molecule has 0 saturated carbocycles. The van der Waals surface area contributed by atoms with E-state index < -0.39 is 15.9 Å². The molecule has 6 rings (SSSR count). The standard InChI is InChI=1S/C33H32N4O3S/c1-19-5-7-26(8-6-19)41(39,40)37-18-31(27-9-10-28(32(34)38)22(4)21(27)3)29-15-25(16-36-33(29)37)24-13-20(2)30-17-35-12-11-23(30)14-24/h5-10,13-16,18,35H,11-12,17H2,1-4H3,(H2,34,38). The Balaban J connectivity index is 1.61. The molecule has 0 fully saturated rings. The topological polar surface area (TPSA) is 107 Å². The minimum atomic E-state index is -3.94. The highest BCUT2D eigenvalue weighted by atomic mass is 32.2. The van der Waals surface area contributed by atoms with Gasteiger partial charge in [0.25, 0.3) is 10.0 Å². The van der Waals surface area contributed by atoms with E-state index in [1.807, 2.05) is 32.9 Å². The van der Waals surface area contributed by atoms with E-state index in [0.717, 1.165) is 58.5 Å². The van der Waals surface area contributed by atoms with Crippen LogP contribution in [0.2, 0.25) is 0 Å².